The predicted octanol–water partition coefficient (Wildman–Crippen LogP) is 5.66. The summed E-state index contributed by atoms with van der Waals surface area (Å²) in [7, 11) is 3.61. The first-order valence-corrected chi connectivity index (χ1v) is 22.8. The fraction of sp³-hybridized carbons (Fsp3) is 0.596. The molecule has 7 N–H and O–H groups in total. The molecule has 62 heavy (non-hydrogen) atoms. The van der Waals surface area contributed by atoms with Crippen LogP contribution in [0.4, 0.5) is 0 Å². The minimum absolute atomic E-state index is 0.0825. The summed E-state index contributed by atoms with van der Waals surface area (Å²) in [6.45, 7) is 12.3. The molecule has 1 aromatic carbocycles. The van der Waals surface area contributed by atoms with Gasteiger partial charge in [-0.05, 0) is 120 Å². The maximum absolute atomic E-state index is 13.6. The maximum Gasteiger partial charge on any atom is 0.145 e. The molecule has 10 atom stereocenters. The van der Waals surface area contributed by atoms with Crippen molar-refractivity contribution in [3.8, 4) is 0 Å². The Hall–Kier alpha value is -3.29. The molecule has 1 spiro atoms. The molecule has 4 aliphatic carbocycles. The molecule has 5 aliphatic rings. The number of nitrogens with one attached hydrogen (secondary N) is 2. The second-order valence-electron chi connectivity index (χ2n) is 19.4. The third-order valence-electron chi connectivity index (χ3n) is 15.3. The van der Waals surface area contributed by atoms with Crippen LogP contribution in [0.25, 0.3) is 0 Å². The number of hydrogen-bond donors (Lipinski definition) is 7. The molecular formula is C52H74N2O8. The van der Waals surface area contributed by atoms with E-state index >= 15 is 0 Å². The Kier molecular flexibility index (Phi) is 15.7. The minimum atomic E-state index is -1.56. The van der Waals surface area contributed by atoms with Gasteiger partial charge < -0.3 is 45.6 Å². The van der Waals surface area contributed by atoms with Crippen LogP contribution >= 0.6 is 0 Å². The van der Waals surface area contributed by atoms with Gasteiger partial charge in [0.25, 0.3) is 0 Å². The minimum Gasteiger partial charge on any atom is -0.396 e. The highest BCUT2D eigenvalue weighted by Crippen LogP contribution is 2.75. The summed E-state index contributed by atoms with van der Waals surface area (Å²) in [6, 6.07) is 8.86. The Morgan fingerprint density at radius 3 is 2.65 bits per heavy atom. The number of ether oxygens (including phenoxy) is 2. The van der Waals surface area contributed by atoms with E-state index in [1.54, 1.807) is 7.11 Å². The number of aliphatic hydroxyl groups is 5. The number of aliphatic hydroxyl groups excluding tert-OH is 3. The van der Waals surface area contributed by atoms with Gasteiger partial charge in [-0.15, -0.1) is 0 Å². The van der Waals surface area contributed by atoms with Crippen LogP contribution in [0.1, 0.15) is 76.8 Å². The molecule has 1 aliphatic heterocycles. The van der Waals surface area contributed by atoms with Crippen LogP contribution in [0.2, 0.25) is 0 Å². The monoisotopic (exact) mass is 855 g/mol. The quantitative estimate of drug-likeness (QED) is 0.0425. The molecular weight excluding hydrogens is 781 g/mol. The highest BCUT2D eigenvalue weighted by molar-refractivity contribution is 5.75. The van der Waals surface area contributed by atoms with Gasteiger partial charge in [-0.3, -0.25) is 4.79 Å². The van der Waals surface area contributed by atoms with Crippen molar-refractivity contribution in [3.63, 3.8) is 0 Å². The van der Waals surface area contributed by atoms with Crippen molar-refractivity contribution in [2.45, 2.75) is 101 Å². The lowest BCUT2D eigenvalue weighted by Crippen LogP contribution is -2.72. The summed E-state index contributed by atoms with van der Waals surface area (Å²) >= 11 is 0. The molecule has 0 unspecified atom stereocenters. The summed E-state index contributed by atoms with van der Waals surface area (Å²) in [5, 5.41) is 64.3. The predicted molar refractivity (Wildman–Crippen MR) is 245 cm³/mol. The molecule has 0 radical (unpaired) electrons. The first kappa shape index (κ1) is 48.2. The largest absolute Gasteiger partial charge is 0.396 e. The number of aldehydes is 1. The number of hydrogen-bond acceptors (Lipinski definition) is 10. The standard InChI is InChI=1S/C52H74N2O8/c1-36-13-14-41(28-39-10-8-11-40(27-39)29-48(4,54-31-36)23-26-61-6)37(2)9-7-12-43(34-62-35-44(58)33-57)45-16-18-51-47-46(38(3)32-56)42(30-50(51,59)21-24-53-5)15-17-49(47,22-25-55)19-20-52(45,51)60/h7-13,15,17,19-20,27,32,41-42,44-45,47,53-55,57-60H,2,14,16,18,21-26,28-31,33-35H2,1,3-6H3/b9-7+,36-13+,43-12-,46-38-/t41-,42-,44-,45+,47+,48+,49+,50-,51+,52-/m1/s1. The van der Waals surface area contributed by atoms with Crippen LogP contribution in [-0.2, 0) is 27.1 Å². The van der Waals surface area contributed by atoms with Gasteiger partial charge in [-0.1, -0.05) is 96.2 Å². The zero-order chi connectivity index (χ0) is 44.8. The van der Waals surface area contributed by atoms with Crippen molar-refractivity contribution in [2.75, 3.05) is 60.3 Å². The van der Waals surface area contributed by atoms with Crippen LogP contribution in [0, 0.1) is 34.5 Å². The summed E-state index contributed by atoms with van der Waals surface area (Å²) in [5.74, 6) is -0.975. The van der Waals surface area contributed by atoms with Gasteiger partial charge in [-0.25, -0.2) is 0 Å². The molecule has 6 rings (SSSR count). The zero-order valence-corrected chi connectivity index (χ0v) is 37.9. The smallest absolute Gasteiger partial charge is 0.145 e. The zero-order valence-electron chi connectivity index (χ0n) is 37.9. The summed E-state index contributed by atoms with van der Waals surface area (Å²) < 4.78 is 11.6. The van der Waals surface area contributed by atoms with Gasteiger partial charge >= 0.3 is 0 Å². The van der Waals surface area contributed by atoms with Gasteiger partial charge in [0, 0.05) is 61.0 Å². The topological polar surface area (TPSA) is 161 Å². The fourth-order valence-corrected chi connectivity index (χ4v) is 12.1. The Balaban J connectivity index is 1.38. The lowest BCUT2D eigenvalue weighted by Gasteiger charge is -2.68. The Morgan fingerprint density at radius 2 is 1.92 bits per heavy atom. The molecule has 0 amide bonds. The van der Waals surface area contributed by atoms with Gasteiger partial charge in [-0.2, -0.15) is 0 Å². The molecule has 340 valence electrons. The third-order valence-corrected chi connectivity index (χ3v) is 15.3. The molecule has 10 nitrogen and oxygen atoms in total. The molecule has 0 aromatic heterocycles. The first-order chi connectivity index (χ1) is 29.7. The number of fused-ring (bicyclic) bond motifs is 3. The number of methoxy groups -OCH3 is 1. The molecule has 2 fully saturated rings. The van der Waals surface area contributed by atoms with Crippen molar-refractivity contribution in [1.82, 2.24) is 10.6 Å². The lowest BCUT2D eigenvalue weighted by atomic mass is 9.37. The van der Waals surface area contributed by atoms with E-state index < -0.39 is 46.6 Å². The van der Waals surface area contributed by atoms with E-state index in [2.05, 4.69) is 79.6 Å². The van der Waals surface area contributed by atoms with E-state index in [1.807, 2.05) is 38.3 Å². The number of rotatable bonds is 18. The highest BCUT2D eigenvalue weighted by Gasteiger charge is 2.77. The number of carbonyl (C=O) groups excluding carboxylic acids is 1. The SMILES string of the molecule is C=C(/C=C/C=C(/COC[C@H](O)CO)[C@@H]1CC[C@@]23[C@H]4/C(=C(/C)C=O)[C@H](C=C[C@@]4(CCO)C=C[C@@]12O)C[C@]3(O)CCNC)[C@@H]1C/C=C(\C)CN[C@@](C)(CCOC)Cc2cccc(c2)C1. The molecule has 1 heterocycles. The van der Waals surface area contributed by atoms with E-state index in [-0.39, 0.29) is 37.2 Å². The highest BCUT2D eigenvalue weighted by atomic mass is 16.5. The average molecular weight is 855 g/mol. The van der Waals surface area contributed by atoms with Crippen LogP contribution in [0.3, 0.4) is 0 Å². The van der Waals surface area contributed by atoms with E-state index in [1.165, 1.54) is 16.7 Å². The Bertz CT molecular complexity index is 1950. The first-order valence-electron chi connectivity index (χ1n) is 22.8. The summed E-state index contributed by atoms with van der Waals surface area (Å²) in [4.78, 5) is 12.6. The van der Waals surface area contributed by atoms with Crippen molar-refractivity contribution in [1.29, 1.82) is 0 Å². The fourth-order valence-electron chi connectivity index (χ4n) is 12.1. The van der Waals surface area contributed by atoms with Crippen molar-refractivity contribution < 1.29 is 39.8 Å². The van der Waals surface area contributed by atoms with E-state index in [0.717, 1.165) is 55.2 Å². The Morgan fingerprint density at radius 1 is 1.13 bits per heavy atom. The second-order valence-corrected chi connectivity index (χ2v) is 19.4. The molecule has 2 saturated carbocycles. The summed E-state index contributed by atoms with van der Waals surface area (Å²) in [6.07, 6.45) is 21.9. The van der Waals surface area contributed by atoms with Crippen molar-refractivity contribution >= 4 is 6.29 Å². The van der Waals surface area contributed by atoms with Crippen molar-refractivity contribution in [3.05, 3.63) is 118 Å². The van der Waals surface area contributed by atoms with Gasteiger partial charge in [0.1, 0.15) is 12.4 Å². The van der Waals surface area contributed by atoms with Crippen LogP contribution in [0.5, 0.6) is 0 Å². The van der Waals surface area contributed by atoms with Gasteiger partial charge in [0.05, 0.1) is 31.0 Å². The van der Waals surface area contributed by atoms with E-state index in [9.17, 15) is 30.3 Å². The van der Waals surface area contributed by atoms with Gasteiger partial charge in [0.15, 0.2) is 0 Å². The van der Waals surface area contributed by atoms with E-state index in [4.69, 9.17) is 9.47 Å². The van der Waals surface area contributed by atoms with E-state index in [0.29, 0.717) is 50.8 Å². The summed E-state index contributed by atoms with van der Waals surface area (Å²) in [5.41, 5.74) is 2.34. The lowest BCUT2D eigenvalue weighted by molar-refractivity contribution is -0.233. The number of benzene rings is 1. The number of carbonyl (C=O) groups is 1. The second kappa shape index (κ2) is 20.3. The molecule has 0 saturated heterocycles. The van der Waals surface area contributed by atoms with Crippen LogP contribution < -0.4 is 10.6 Å². The molecule has 10 heteroatoms. The van der Waals surface area contributed by atoms with Crippen molar-refractivity contribution in [2.24, 2.45) is 34.5 Å². The molecule has 4 bridgehead atoms. The maximum atomic E-state index is 13.6. The van der Waals surface area contributed by atoms with Crippen LogP contribution in [-0.4, -0.2) is 115 Å². The average Bonchev–Trinajstić information content (AvgIpc) is 3.58. The normalized spacial score (nSPS) is 36.6. The molecule has 1 aromatic rings. The van der Waals surface area contributed by atoms with Crippen LogP contribution in [0.15, 0.2) is 107 Å². The number of allylic oxidation sites excluding steroid dienone is 10. The Labute approximate surface area is 370 Å². The van der Waals surface area contributed by atoms with Gasteiger partial charge in [0.2, 0.25) is 0 Å². The third kappa shape index (κ3) is 9.42.